The van der Waals surface area contributed by atoms with Gasteiger partial charge in [-0.05, 0) is 38.1 Å². The lowest BCUT2D eigenvalue weighted by molar-refractivity contribution is -0.152. The first kappa shape index (κ1) is 20.6. The Kier molecular flexibility index (Phi) is 7.82. The van der Waals surface area contributed by atoms with Crippen LogP contribution in [0.25, 0.3) is 0 Å². The second kappa shape index (κ2) is 9.86. The third-order valence-electron chi connectivity index (χ3n) is 3.48. The predicted octanol–water partition coefficient (Wildman–Crippen LogP) is 5.35. The quantitative estimate of drug-likeness (QED) is 0.492. The van der Waals surface area contributed by atoms with Crippen LogP contribution in [-0.2, 0) is 14.3 Å². The molecule has 7 heteroatoms. The number of benzene rings is 2. The molecule has 1 atom stereocenters. The highest BCUT2D eigenvalue weighted by atomic mass is 35.5. The minimum atomic E-state index is -0.929. The summed E-state index contributed by atoms with van der Waals surface area (Å²) in [5.41, 5.74) is 1.57. The number of hydrogen-bond donors (Lipinski definition) is 1. The number of aryl methyl sites for hydroxylation is 1. The topological polar surface area (TPSA) is 55.4 Å². The number of amides is 1. The van der Waals surface area contributed by atoms with E-state index in [0.29, 0.717) is 16.5 Å². The highest BCUT2D eigenvalue weighted by molar-refractivity contribution is 7.99. The van der Waals surface area contributed by atoms with E-state index in [1.54, 1.807) is 30.0 Å². The predicted molar refractivity (Wildman–Crippen MR) is 107 cm³/mol. The highest BCUT2D eigenvalue weighted by Crippen LogP contribution is 2.29. The number of esters is 1. The van der Waals surface area contributed by atoms with E-state index in [0.717, 1.165) is 4.90 Å². The third kappa shape index (κ3) is 6.24. The van der Waals surface area contributed by atoms with Crippen LogP contribution in [-0.4, -0.2) is 23.7 Å². The summed E-state index contributed by atoms with van der Waals surface area (Å²) in [6, 6.07) is 13.0. The maximum Gasteiger partial charge on any atom is 0.307 e. The van der Waals surface area contributed by atoms with E-state index in [1.807, 2.05) is 31.2 Å². The fraction of sp³-hybridized carbons (Fsp3) is 0.263. The van der Waals surface area contributed by atoms with Gasteiger partial charge in [-0.2, -0.15) is 0 Å². The summed E-state index contributed by atoms with van der Waals surface area (Å²) in [7, 11) is 0. The standard InChI is InChI=1S/C19H19Cl2NO3S/c1-12-6-8-14(9-7-12)26-11-10-17(23)25-13(2)19(24)22-16-5-3-4-15(20)18(16)21/h3-9,13H,10-11H2,1-2H3,(H,22,24). The first-order chi connectivity index (χ1) is 12.4. The smallest absolute Gasteiger partial charge is 0.307 e. The van der Waals surface area contributed by atoms with Crippen LogP contribution >= 0.6 is 35.0 Å². The van der Waals surface area contributed by atoms with Gasteiger partial charge in [-0.1, -0.05) is 47.0 Å². The van der Waals surface area contributed by atoms with Gasteiger partial charge < -0.3 is 10.1 Å². The summed E-state index contributed by atoms with van der Waals surface area (Å²) in [5.74, 6) is -0.311. The van der Waals surface area contributed by atoms with Gasteiger partial charge >= 0.3 is 5.97 Å². The molecule has 1 amide bonds. The van der Waals surface area contributed by atoms with Crippen LogP contribution in [0.5, 0.6) is 0 Å². The number of thioether (sulfide) groups is 1. The molecule has 26 heavy (non-hydrogen) atoms. The van der Waals surface area contributed by atoms with Gasteiger partial charge in [0.1, 0.15) is 0 Å². The summed E-state index contributed by atoms with van der Waals surface area (Å²) in [5, 5.41) is 3.19. The number of anilines is 1. The van der Waals surface area contributed by atoms with Gasteiger partial charge in [0.2, 0.25) is 0 Å². The van der Waals surface area contributed by atoms with Crippen molar-refractivity contribution in [1.29, 1.82) is 0 Å². The van der Waals surface area contributed by atoms with Gasteiger partial charge in [0, 0.05) is 10.6 Å². The molecule has 1 N–H and O–H groups in total. The van der Waals surface area contributed by atoms with Crippen LogP contribution in [0.4, 0.5) is 5.69 Å². The van der Waals surface area contributed by atoms with Crippen molar-refractivity contribution in [2.75, 3.05) is 11.1 Å². The van der Waals surface area contributed by atoms with Gasteiger partial charge in [0.15, 0.2) is 6.10 Å². The normalized spacial score (nSPS) is 11.7. The molecule has 1 unspecified atom stereocenters. The van der Waals surface area contributed by atoms with Crippen molar-refractivity contribution >= 4 is 52.5 Å². The Morgan fingerprint density at radius 1 is 1.15 bits per heavy atom. The maximum absolute atomic E-state index is 12.1. The number of carbonyl (C=O) groups excluding carboxylic acids is 2. The lowest BCUT2D eigenvalue weighted by Crippen LogP contribution is -2.30. The third-order valence-corrected chi connectivity index (χ3v) is 5.32. The Hall–Kier alpha value is -1.69. The SMILES string of the molecule is Cc1ccc(SCCC(=O)OC(C)C(=O)Nc2cccc(Cl)c2Cl)cc1. The molecule has 2 rings (SSSR count). The second-order valence-electron chi connectivity index (χ2n) is 5.63. The van der Waals surface area contributed by atoms with Crippen LogP contribution in [0.15, 0.2) is 47.4 Å². The molecular weight excluding hydrogens is 393 g/mol. The Balaban J connectivity index is 1.77. The molecule has 2 aromatic carbocycles. The minimum Gasteiger partial charge on any atom is -0.453 e. The highest BCUT2D eigenvalue weighted by Gasteiger charge is 2.19. The summed E-state index contributed by atoms with van der Waals surface area (Å²) < 4.78 is 5.17. The largest absolute Gasteiger partial charge is 0.453 e. The van der Waals surface area contributed by atoms with E-state index in [9.17, 15) is 9.59 Å². The molecule has 0 saturated heterocycles. The van der Waals surface area contributed by atoms with E-state index < -0.39 is 18.0 Å². The van der Waals surface area contributed by atoms with Gasteiger partial charge in [-0.15, -0.1) is 11.8 Å². The molecule has 2 aromatic rings. The van der Waals surface area contributed by atoms with E-state index in [2.05, 4.69) is 5.32 Å². The fourth-order valence-corrected chi connectivity index (χ4v) is 3.21. The molecule has 0 bridgehead atoms. The maximum atomic E-state index is 12.1. The van der Waals surface area contributed by atoms with Crippen molar-refractivity contribution in [2.24, 2.45) is 0 Å². The minimum absolute atomic E-state index is 0.216. The van der Waals surface area contributed by atoms with Crippen molar-refractivity contribution in [3.63, 3.8) is 0 Å². The van der Waals surface area contributed by atoms with Gasteiger partial charge in [0.05, 0.1) is 22.2 Å². The van der Waals surface area contributed by atoms with E-state index in [-0.39, 0.29) is 11.4 Å². The van der Waals surface area contributed by atoms with Crippen LogP contribution in [0, 0.1) is 6.92 Å². The van der Waals surface area contributed by atoms with E-state index >= 15 is 0 Å². The lowest BCUT2D eigenvalue weighted by atomic mass is 10.2. The monoisotopic (exact) mass is 411 g/mol. The number of hydrogen-bond acceptors (Lipinski definition) is 4. The Morgan fingerprint density at radius 3 is 2.54 bits per heavy atom. The Labute approximate surface area is 167 Å². The second-order valence-corrected chi connectivity index (χ2v) is 7.59. The first-order valence-electron chi connectivity index (χ1n) is 8.00. The number of carbonyl (C=O) groups is 2. The zero-order chi connectivity index (χ0) is 19.1. The van der Waals surface area contributed by atoms with Crippen LogP contribution in [0.2, 0.25) is 10.0 Å². The number of rotatable bonds is 7. The van der Waals surface area contributed by atoms with Gasteiger partial charge in [-0.3, -0.25) is 9.59 Å². The molecule has 0 aliphatic heterocycles. The summed E-state index contributed by atoms with van der Waals surface area (Å²) in [4.78, 5) is 25.1. The van der Waals surface area contributed by atoms with Gasteiger partial charge in [-0.25, -0.2) is 0 Å². The molecular formula is C19H19Cl2NO3S. The van der Waals surface area contributed by atoms with Crippen molar-refractivity contribution in [2.45, 2.75) is 31.3 Å². The molecule has 0 radical (unpaired) electrons. The molecule has 0 fully saturated rings. The van der Waals surface area contributed by atoms with Crippen LogP contribution in [0.1, 0.15) is 18.9 Å². The number of ether oxygens (including phenoxy) is 1. The summed E-state index contributed by atoms with van der Waals surface area (Å²) in [6.45, 7) is 3.54. The van der Waals surface area contributed by atoms with E-state index in [1.165, 1.54) is 12.5 Å². The molecule has 0 saturated carbocycles. The van der Waals surface area contributed by atoms with Crippen molar-refractivity contribution in [3.05, 3.63) is 58.1 Å². The lowest BCUT2D eigenvalue weighted by Gasteiger charge is -2.14. The van der Waals surface area contributed by atoms with Crippen LogP contribution in [0.3, 0.4) is 0 Å². The molecule has 4 nitrogen and oxygen atoms in total. The van der Waals surface area contributed by atoms with Crippen molar-refractivity contribution < 1.29 is 14.3 Å². The van der Waals surface area contributed by atoms with Gasteiger partial charge in [0.25, 0.3) is 5.91 Å². The molecule has 138 valence electrons. The zero-order valence-corrected chi connectivity index (χ0v) is 16.8. The van der Waals surface area contributed by atoms with Crippen molar-refractivity contribution in [1.82, 2.24) is 0 Å². The van der Waals surface area contributed by atoms with Crippen LogP contribution < -0.4 is 5.32 Å². The summed E-state index contributed by atoms with van der Waals surface area (Å²) >= 11 is 13.5. The molecule has 0 aliphatic carbocycles. The first-order valence-corrected chi connectivity index (χ1v) is 9.75. The van der Waals surface area contributed by atoms with Crippen molar-refractivity contribution in [3.8, 4) is 0 Å². The number of halogens is 2. The van der Waals surface area contributed by atoms with E-state index in [4.69, 9.17) is 27.9 Å². The molecule has 0 aromatic heterocycles. The Bertz CT molecular complexity index is 781. The number of nitrogens with one attached hydrogen (secondary N) is 1. The Morgan fingerprint density at radius 2 is 1.85 bits per heavy atom. The molecule has 0 heterocycles. The molecule has 0 spiro atoms. The average Bonchev–Trinajstić information content (AvgIpc) is 2.60. The molecule has 0 aliphatic rings. The zero-order valence-electron chi connectivity index (χ0n) is 14.4. The summed E-state index contributed by atoms with van der Waals surface area (Å²) in [6.07, 6.45) is -0.712. The average molecular weight is 412 g/mol. The fourth-order valence-electron chi connectivity index (χ4n) is 2.03.